The van der Waals surface area contributed by atoms with Gasteiger partial charge in [-0.25, -0.2) is 0 Å². The molecule has 1 unspecified atom stereocenters. The molecule has 0 spiro atoms. The quantitative estimate of drug-likeness (QED) is 0.782. The Labute approximate surface area is 139 Å². The minimum absolute atomic E-state index is 0.0438. The van der Waals surface area contributed by atoms with Crippen molar-refractivity contribution in [2.24, 2.45) is 5.92 Å². The molecule has 1 aliphatic heterocycles. The Kier molecular flexibility index (Phi) is 6.19. The molecular formula is C19H30N2O2. The molecule has 1 amide bonds. The van der Waals surface area contributed by atoms with E-state index in [1.54, 1.807) is 0 Å². The first-order valence-corrected chi connectivity index (χ1v) is 8.62. The zero-order valence-corrected chi connectivity index (χ0v) is 14.6. The summed E-state index contributed by atoms with van der Waals surface area (Å²) in [5.41, 5.74) is 2.19. The molecule has 1 aliphatic rings. The molecule has 2 rings (SSSR count). The SMILES string of the molecule is CC(C)(C)c1ccc(C(O)CNC(=O)CC2CCNCC2)cc1. The summed E-state index contributed by atoms with van der Waals surface area (Å²) < 4.78 is 0. The number of aliphatic hydroxyl groups is 1. The van der Waals surface area contributed by atoms with E-state index in [9.17, 15) is 9.90 Å². The molecule has 3 N–H and O–H groups in total. The topological polar surface area (TPSA) is 61.4 Å². The fraction of sp³-hybridized carbons (Fsp3) is 0.632. The summed E-state index contributed by atoms with van der Waals surface area (Å²) in [6, 6.07) is 8.00. The summed E-state index contributed by atoms with van der Waals surface area (Å²) in [4.78, 5) is 12.0. The minimum Gasteiger partial charge on any atom is -0.387 e. The van der Waals surface area contributed by atoms with Crippen LogP contribution in [-0.4, -0.2) is 30.6 Å². The van der Waals surface area contributed by atoms with Crippen LogP contribution in [0.25, 0.3) is 0 Å². The molecule has 1 saturated heterocycles. The molecule has 4 heteroatoms. The van der Waals surface area contributed by atoms with E-state index in [0.717, 1.165) is 31.5 Å². The predicted molar refractivity (Wildman–Crippen MR) is 93.3 cm³/mol. The average Bonchev–Trinajstić information content (AvgIpc) is 2.53. The van der Waals surface area contributed by atoms with Crippen molar-refractivity contribution in [2.45, 2.75) is 51.6 Å². The van der Waals surface area contributed by atoms with Gasteiger partial charge in [0.25, 0.3) is 0 Å². The number of carbonyl (C=O) groups excluding carboxylic acids is 1. The summed E-state index contributed by atoms with van der Waals surface area (Å²) in [5, 5.41) is 16.4. The van der Waals surface area contributed by atoms with Crippen LogP contribution in [0, 0.1) is 5.92 Å². The van der Waals surface area contributed by atoms with Crippen molar-refractivity contribution < 1.29 is 9.90 Å². The maximum absolute atomic E-state index is 12.0. The molecule has 1 heterocycles. The molecule has 0 bridgehead atoms. The van der Waals surface area contributed by atoms with Crippen LogP contribution in [0.15, 0.2) is 24.3 Å². The van der Waals surface area contributed by atoms with Crippen LogP contribution >= 0.6 is 0 Å². The summed E-state index contributed by atoms with van der Waals surface area (Å²) >= 11 is 0. The van der Waals surface area contributed by atoms with Gasteiger partial charge >= 0.3 is 0 Å². The Hall–Kier alpha value is -1.39. The van der Waals surface area contributed by atoms with Crippen molar-refractivity contribution in [3.63, 3.8) is 0 Å². The normalized spacial score (nSPS) is 17.7. The lowest BCUT2D eigenvalue weighted by Crippen LogP contribution is -2.33. The van der Waals surface area contributed by atoms with Crippen LogP contribution in [-0.2, 0) is 10.2 Å². The Morgan fingerprint density at radius 1 is 1.26 bits per heavy atom. The van der Waals surface area contributed by atoms with Crippen LogP contribution in [0.2, 0.25) is 0 Å². The molecule has 23 heavy (non-hydrogen) atoms. The number of rotatable bonds is 5. The molecule has 0 radical (unpaired) electrons. The van der Waals surface area contributed by atoms with Gasteiger partial charge in [0.05, 0.1) is 6.10 Å². The van der Waals surface area contributed by atoms with Crippen molar-refractivity contribution in [3.05, 3.63) is 35.4 Å². The number of benzene rings is 1. The minimum atomic E-state index is -0.652. The predicted octanol–water partition coefficient (Wildman–Crippen LogP) is 2.52. The van der Waals surface area contributed by atoms with Crippen LogP contribution in [0.1, 0.15) is 57.3 Å². The molecule has 0 aromatic heterocycles. The molecule has 0 aliphatic carbocycles. The number of hydrogen-bond donors (Lipinski definition) is 3. The fourth-order valence-electron chi connectivity index (χ4n) is 2.95. The number of aliphatic hydroxyl groups excluding tert-OH is 1. The van der Waals surface area contributed by atoms with Crippen molar-refractivity contribution in [1.29, 1.82) is 0 Å². The van der Waals surface area contributed by atoms with Crippen LogP contribution < -0.4 is 10.6 Å². The third-order valence-electron chi connectivity index (χ3n) is 4.59. The third-order valence-corrected chi connectivity index (χ3v) is 4.59. The van der Waals surface area contributed by atoms with Gasteiger partial charge in [-0.1, -0.05) is 45.0 Å². The third kappa shape index (κ3) is 5.63. The maximum Gasteiger partial charge on any atom is 0.220 e. The Morgan fingerprint density at radius 3 is 2.43 bits per heavy atom. The lowest BCUT2D eigenvalue weighted by molar-refractivity contribution is -0.122. The van der Waals surface area contributed by atoms with E-state index in [-0.39, 0.29) is 17.9 Å². The zero-order valence-electron chi connectivity index (χ0n) is 14.6. The lowest BCUT2D eigenvalue weighted by atomic mass is 9.86. The number of piperidine rings is 1. The smallest absolute Gasteiger partial charge is 0.220 e. The largest absolute Gasteiger partial charge is 0.387 e. The van der Waals surface area contributed by atoms with Crippen molar-refractivity contribution >= 4 is 5.91 Å². The first-order chi connectivity index (χ1) is 10.9. The van der Waals surface area contributed by atoms with Gasteiger partial charge in [0.2, 0.25) is 5.91 Å². The number of hydrogen-bond acceptors (Lipinski definition) is 3. The molecule has 128 valence electrons. The Morgan fingerprint density at radius 2 is 1.87 bits per heavy atom. The Bertz CT molecular complexity index is 499. The van der Waals surface area contributed by atoms with E-state index in [1.165, 1.54) is 5.56 Å². The average molecular weight is 318 g/mol. The molecule has 1 atom stereocenters. The van der Waals surface area contributed by atoms with Gasteiger partial charge in [-0.3, -0.25) is 4.79 Å². The summed E-state index contributed by atoms with van der Waals surface area (Å²) in [6.07, 6.45) is 2.03. The summed E-state index contributed by atoms with van der Waals surface area (Å²) in [7, 11) is 0. The highest BCUT2D eigenvalue weighted by Gasteiger charge is 2.18. The second-order valence-corrected chi connectivity index (χ2v) is 7.59. The molecule has 0 saturated carbocycles. The van der Waals surface area contributed by atoms with E-state index in [1.807, 2.05) is 12.1 Å². The summed E-state index contributed by atoms with van der Waals surface area (Å²) in [5.74, 6) is 0.515. The van der Waals surface area contributed by atoms with E-state index in [2.05, 4.69) is 43.5 Å². The van der Waals surface area contributed by atoms with Gasteiger partial charge in [0, 0.05) is 13.0 Å². The number of carbonyl (C=O) groups is 1. The maximum atomic E-state index is 12.0. The highest BCUT2D eigenvalue weighted by atomic mass is 16.3. The van der Waals surface area contributed by atoms with Gasteiger partial charge in [-0.15, -0.1) is 0 Å². The van der Waals surface area contributed by atoms with Crippen molar-refractivity contribution in [2.75, 3.05) is 19.6 Å². The molecule has 4 nitrogen and oxygen atoms in total. The second kappa shape index (κ2) is 7.93. The molecule has 1 fully saturated rings. The van der Waals surface area contributed by atoms with Crippen molar-refractivity contribution in [1.82, 2.24) is 10.6 Å². The molecule has 1 aromatic carbocycles. The number of amides is 1. The van der Waals surface area contributed by atoms with Gasteiger partial charge in [0.15, 0.2) is 0 Å². The molecule has 1 aromatic rings. The number of nitrogens with one attached hydrogen (secondary N) is 2. The first-order valence-electron chi connectivity index (χ1n) is 8.62. The van der Waals surface area contributed by atoms with E-state index in [0.29, 0.717) is 12.3 Å². The van der Waals surface area contributed by atoms with Gasteiger partial charge in [0.1, 0.15) is 0 Å². The van der Waals surface area contributed by atoms with E-state index >= 15 is 0 Å². The highest BCUT2D eigenvalue weighted by Crippen LogP contribution is 2.24. The van der Waals surface area contributed by atoms with E-state index in [4.69, 9.17) is 0 Å². The summed E-state index contributed by atoms with van der Waals surface area (Å²) in [6.45, 7) is 8.78. The zero-order chi connectivity index (χ0) is 16.9. The second-order valence-electron chi connectivity index (χ2n) is 7.59. The van der Waals surface area contributed by atoms with Crippen molar-refractivity contribution in [3.8, 4) is 0 Å². The highest BCUT2D eigenvalue weighted by molar-refractivity contribution is 5.76. The van der Waals surface area contributed by atoms with Crippen LogP contribution in [0.4, 0.5) is 0 Å². The van der Waals surface area contributed by atoms with Gasteiger partial charge < -0.3 is 15.7 Å². The van der Waals surface area contributed by atoms with Crippen LogP contribution in [0.3, 0.4) is 0 Å². The Balaban J connectivity index is 1.79. The molecular weight excluding hydrogens is 288 g/mol. The van der Waals surface area contributed by atoms with Gasteiger partial charge in [-0.05, 0) is 48.4 Å². The van der Waals surface area contributed by atoms with Gasteiger partial charge in [-0.2, -0.15) is 0 Å². The van der Waals surface area contributed by atoms with Crippen LogP contribution in [0.5, 0.6) is 0 Å². The van der Waals surface area contributed by atoms with E-state index < -0.39 is 6.10 Å². The lowest BCUT2D eigenvalue weighted by Gasteiger charge is -2.22. The monoisotopic (exact) mass is 318 g/mol. The fourth-order valence-corrected chi connectivity index (χ4v) is 2.95. The standard InChI is InChI=1S/C19H30N2O2/c1-19(2,3)16-6-4-15(5-7-16)17(22)13-21-18(23)12-14-8-10-20-11-9-14/h4-7,14,17,20,22H,8-13H2,1-3H3,(H,21,23). The first kappa shape index (κ1) is 18.0.